The third-order valence-electron chi connectivity index (χ3n) is 0.985. The fourth-order valence-electron chi connectivity index (χ4n) is 0.519. The number of aromatic nitrogens is 1. The number of hydrogen-bond acceptors (Lipinski definition) is 1. The van der Waals surface area contributed by atoms with Crippen molar-refractivity contribution in [2.45, 2.75) is 5.21 Å². The maximum atomic E-state index is 3.90. The van der Waals surface area contributed by atoms with Crippen LogP contribution >= 0.6 is 0 Å². The van der Waals surface area contributed by atoms with Crippen molar-refractivity contribution >= 4 is 16.9 Å². The Morgan fingerprint density at radius 3 is 2.38 bits per heavy atom. The van der Waals surface area contributed by atoms with Crippen LogP contribution in [0.3, 0.4) is 0 Å². The van der Waals surface area contributed by atoms with Crippen molar-refractivity contribution in [3.63, 3.8) is 0 Å². The zero-order chi connectivity index (χ0) is 5.82. The van der Waals surface area contributed by atoms with Crippen LogP contribution in [-0.4, -0.2) is 21.8 Å². The Labute approximate surface area is 57.6 Å². The van der Waals surface area contributed by atoms with Crippen molar-refractivity contribution in [1.82, 2.24) is 4.98 Å². The van der Waals surface area contributed by atoms with E-state index in [1.807, 2.05) is 24.5 Å². The molecule has 0 saturated heterocycles. The molecular weight excluding hydrogens is 161 g/mol. The summed E-state index contributed by atoms with van der Waals surface area (Å²) in [6, 6.07) is 4.09. The second-order valence-electron chi connectivity index (χ2n) is 1.56. The molecule has 0 saturated carbocycles. The van der Waals surface area contributed by atoms with E-state index in [0.717, 1.165) is 5.21 Å². The van der Waals surface area contributed by atoms with E-state index >= 15 is 0 Å². The van der Waals surface area contributed by atoms with Crippen LogP contribution in [0.15, 0.2) is 24.5 Å². The van der Waals surface area contributed by atoms with E-state index in [-0.39, 0.29) is 0 Å². The molecular formula is C6H8AsN. The molecule has 0 radical (unpaired) electrons. The molecule has 1 unspecified atom stereocenters. The number of nitrogens with zero attached hydrogens (tertiary/aromatic N) is 1. The molecule has 0 spiro atoms. The van der Waals surface area contributed by atoms with Gasteiger partial charge in [-0.05, 0) is 0 Å². The first-order valence-corrected chi connectivity index (χ1v) is 4.24. The SMILES string of the molecule is [AsH2]Cc1ccncc1. The quantitative estimate of drug-likeness (QED) is 0.548. The van der Waals surface area contributed by atoms with Crippen molar-refractivity contribution in [1.29, 1.82) is 0 Å². The summed E-state index contributed by atoms with van der Waals surface area (Å²) in [7, 11) is 0. The topological polar surface area (TPSA) is 12.9 Å². The van der Waals surface area contributed by atoms with E-state index in [1.165, 1.54) is 5.56 Å². The minimum absolute atomic E-state index is 1.16. The van der Waals surface area contributed by atoms with Gasteiger partial charge in [-0.25, -0.2) is 0 Å². The summed E-state index contributed by atoms with van der Waals surface area (Å²) in [5.74, 6) is 0. The first-order valence-electron chi connectivity index (χ1n) is 2.52. The molecule has 0 N–H and O–H groups in total. The van der Waals surface area contributed by atoms with Gasteiger partial charge in [-0.2, -0.15) is 0 Å². The summed E-state index contributed by atoms with van der Waals surface area (Å²) in [5, 5.41) is 1.16. The van der Waals surface area contributed by atoms with E-state index in [2.05, 4.69) is 4.98 Å². The molecule has 1 aromatic heterocycles. The molecule has 2 heteroatoms. The third-order valence-corrected chi connectivity index (χ3v) is 1.97. The van der Waals surface area contributed by atoms with Gasteiger partial charge in [0.2, 0.25) is 0 Å². The van der Waals surface area contributed by atoms with Crippen molar-refractivity contribution in [3.05, 3.63) is 30.1 Å². The van der Waals surface area contributed by atoms with Crippen LogP contribution in [0, 0.1) is 0 Å². The van der Waals surface area contributed by atoms with E-state index in [4.69, 9.17) is 0 Å². The Balaban J connectivity index is 2.83. The molecule has 8 heavy (non-hydrogen) atoms. The second kappa shape index (κ2) is 2.88. The van der Waals surface area contributed by atoms with E-state index < -0.39 is 0 Å². The van der Waals surface area contributed by atoms with Crippen LogP contribution < -0.4 is 0 Å². The second-order valence-corrected chi connectivity index (χ2v) is 2.42. The van der Waals surface area contributed by atoms with Gasteiger partial charge < -0.3 is 0 Å². The third kappa shape index (κ3) is 1.34. The Hall–Kier alpha value is -0.292. The normalized spacial score (nSPS) is 9.12. The first-order chi connectivity index (χ1) is 3.93. The van der Waals surface area contributed by atoms with Gasteiger partial charge in [0.05, 0.1) is 0 Å². The molecule has 1 aromatic rings. The van der Waals surface area contributed by atoms with Gasteiger partial charge in [-0.3, -0.25) is 0 Å². The van der Waals surface area contributed by atoms with Crippen molar-refractivity contribution in [3.8, 4) is 0 Å². The molecule has 0 aliphatic rings. The standard InChI is InChI=1S/C6H8AsN/c7-5-6-1-3-8-4-2-6/h1-4H,5,7H2. The van der Waals surface area contributed by atoms with E-state index in [0.29, 0.717) is 0 Å². The average molecular weight is 169 g/mol. The first kappa shape index (κ1) is 5.84. The number of rotatable bonds is 1. The summed E-state index contributed by atoms with van der Waals surface area (Å²) < 4.78 is 0. The van der Waals surface area contributed by atoms with Crippen LogP contribution in [-0.2, 0) is 5.21 Å². The van der Waals surface area contributed by atoms with Crippen LogP contribution in [0.2, 0.25) is 0 Å². The van der Waals surface area contributed by atoms with Crippen molar-refractivity contribution in [2.75, 3.05) is 0 Å². The Morgan fingerprint density at radius 1 is 1.38 bits per heavy atom. The summed E-state index contributed by atoms with van der Waals surface area (Å²) >= 11 is 1.74. The van der Waals surface area contributed by atoms with E-state index in [9.17, 15) is 0 Å². The molecule has 1 heterocycles. The van der Waals surface area contributed by atoms with Gasteiger partial charge in [0.1, 0.15) is 0 Å². The molecule has 1 atom stereocenters. The summed E-state index contributed by atoms with van der Waals surface area (Å²) in [4.78, 5) is 3.90. The molecule has 1 rings (SSSR count). The summed E-state index contributed by atoms with van der Waals surface area (Å²) in [5.41, 5.74) is 1.38. The van der Waals surface area contributed by atoms with Crippen molar-refractivity contribution in [2.24, 2.45) is 0 Å². The summed E-state index contributed by atoms with van der Waals surface area (Å²) in [6.07, 6.45) is 3.66. The zero-order valence-electron chi connectivity index (χ0n) is 4.54. The van der Waals surface area contributed by atoms with Gasteiger partial charge >= 0.3 is 57.1 Å². The summed E-state index contributed by atoms with van der Waals surface area (Å²) in [6.45, 7) is 0. The predicted molar refractivity (Wildman–Crippen MR) is 36.5 cm³/mol. The Bertz CT molecular complexity index is 150. The maximum absolute atomic E-state index is 3.90. The Kier molecular flexibility index (Phi) is 2.10. The van der Waals surface area contributed by atoms with Crippen LogP contribution in [0.1, 0.15) is 5.56 Å². The van der Waals surface area contributed by atoms with Gasteiger partial charge in [-0.1, -0.05) is 0 Å². The molecule has 0 amide bonds. The average Bonchev–Trinajstić information content (AvgIpc) is 1.90. The molecule has 0 aliphatic carbocycles. The fourth-order valence-corrected chi connectivity index (χ4v) is 1.09. The molecule has 0 aromatic carbocycles. The number of pyridine rings is 1. The van der Waals surface area contributed by atoms with Crippen molar-refractivity contribution < 1.29 is 0 Å². The minimum atomic E-state index is 1.16. The van der Waals surface area contributed by atoms with Gasteiger partial charge in [-0.15, -0.1) is 0 Å². The molecule has 0 aliphatic heterocycles. The van der Waals surface area contributed by atoms with Crippen LogP contribution in [0.25, 0.3) is 0 Å². The van der Waals surface area contributed by atoms with Crippen LogP contribution in [0.5, 0.6) is 0 Å². The number of hydrogen-bond donors (Lipinski definition) is 0. The van der Waals surface area contributed by atoms with Crippen LogP contribution in [0.4, 0.5) is 0 Å². The Morgan fingerprint density at radius 2 is 2.00 bits per heavy atom. The van der Waals surface area contributed by atoms with Gasteiger partial charge in [0.25, 0.3) is 0 Å². The van der Waals surface area contributed by atoms with E-state index in [1.54, 1.807) is 16.9 Å². The zero-order valence-corrected chi connectivity index (χ0v) is 6.96. The predicted octanol–water partition coefficient (Wildman–Crippen LogP) is 0.215. The van der Waals surface area contributed by atoms with Gasteiger partial charge in [0, 0.05) is 0 Å². The monoisotopic (exact) mass is 169 g/mol. The molecule has 1 nitrogen and oxygen atoms in total. The molecule has 0 fully saturated rings. The van der Waals surface area contributed by atoms with Gasteiger partial charge in [0.15, 0.2) is 0 Å². The molecule has 42 valence electrons. The fraction of sp³-hybridized carbons (Fsp3) is 0.167. The molecule has 0 bridgehead atoms.